The zero-order valence-corrected chi connectivity index (χ0v) is 15.1. The van der Waals surface area contributed by atoms with Gasteiger partial charge < -0.3 is 5.10 Å². The van der Waals surface area contributed by atoms with E-state index in [9.17, 15) is 18.8 Å². The van der Waals surface area contributed by atoms with Crippen molar-refractivity contribution >= 4 is 16.7 Å². The van der Waals surface area contributed by atoms with Crippen LogP contribution in [0.25, 0.3) is 16.6 Å². The van der Waals surface area contributed by atoms with Crippen LogP contribution in [0.4, 0.5) is 4.39 Å². The second-order valence-corrected chi connectivity index (χ2v) is 6.36. The molecule has 0 aliphatic heterocycles. The molecule has 0 bridgehead atoms. The molecular weight excluding hydrogens is 363 g/mol. The van der Waals surface area contributed by atoms with Crippen molar-refractivity contribution in [1.82, 2.24) is 19.3 Å². The zero-order chi connectivity index (χ0) is 20.0. The Hall–Kier alpha value is -3.81. The smallest absolute Gasteiger partial charge is 0.277 e. The Morgan fingerprint density at radius 2 is 1.86 bits per heavy atom. The van der Waals surface area contributed by atoms with Gasteiger partial charge in [0.15, 0.2) is 5.78 Å². The van der Waals surface area contributed by atoms with Crippen LogP contribution in [0, 0.1) is 12.7 Å². The fourth-order valence-corrected chi connectivity index (χ4v) is 3.14. The van der Waals surface area contributed by atoms with Crippen LogP contribution < -0.4 is 11.1 Å². The first-order valence-electron chi connectivity index (χ1n) is 8.46. The highest BCUT2D eigenvalue weighted by Crippen LogP contribution is 2.17. The van der Waals surface area contributed by atoms with Gasteiger partial charge in [-0.3, -0.25) is 23.6 Å². The standard InChI is InChI=1S/C20H15FN4O3/c1-11-23-16-8-7-12(18(26)14-10-22-24(2)19(14)27)9-13(16)20(28)25(11)17-6-4-3-5-15(17)21/h3-10,22H,1-2H3. The first kappa shape index (κ1) is 17.6. The summed E-state index contributed by atoms with van der Waals surface area (Å²) in [6, 6.07) is 10.3. The summed E-state index contributed by atoms with van der Waals surface area (Å²) in [4.78, 5) is 42.1. The number of nitrogens with zero attached hydrogens (tertiary/aromatic N) is 3. The van der Waals surface area contributed by atoms with Gasteiger partial charge >= 0.3 is 0 Å². The number of carbonyl (C=O) groups is 1. The lowest BCUT2D eigenvalue weighted by Gasteiger charge is -2.12. The number of carbonyl (C=O) groups excluding carboxylic acids is 1. The van der Waals surface area contributed by atoms with E-state index in [4.69, 9.17) is 0 Å². The highest BCUT2D eigenvalue weighted by Gasteiger charge is 2.18. The SMILES string of the molecule is Cc1nc2ccc(C(=O)c3c[nH]n(C)c3=O)cc2c(=O)n1-c1ccccc1F. The second-order valence-electron chi connectivity index (χ2n) is 6.36. The maximum atomic E-state index is 14.2. The summed E-state index contributed by atoms with van der Waals surface area (Å²) in [7, 11) is 1.50. The van der Waals surface area contributed by atoms with Crippen molar-refractivity contribution in [3.05, 3.63) is 92.1 Å². The van der Waals surface area contributed by atoms with Gasteiger partial charge in [0.25, 0.3) is 11.1 Å². The average molecular weight is 378 g/mol. The zero-order valence-electron chi connectivity index (χ0n) is 15.1. The molecule has 1 N–H and O–H groups in total. The highest BCUT2D eigenvalue weighted by atomic mass is 19.1. The van der Waals surface area contributed by atoms with Crippen molar-refractivity contribution < 1.29 is 9.18 Å². The summed E-state index contributed by atoms with van der Waals surface area (Å²) in [5, 5.41) is 2.80. The van der Waals surface area contributed by atoms with E-state index in [1.54, 1.807) is 19.1 Å². The van der Waals surface area contributed by atoms with Crippen molar-refractivity contribution in [2.24, 2.45) is 7.05 Å². The Morgan fingerprint density at radius 3 is 2.54 bits per heavy atom. The van der Waals surface area contributed by atoms with E-state index in [1.165, 1.54) is 52.8 Å². The molecule has 140 valence electrons. The number of rotatable bonds is 3. The molecule has 0 atom stereocenters. The number of ketones is 1. The molecule has 2 aromatic carbocycles. The van der Waals surface area contributed by atoms with Gasteiger partial charge in [0.2, 0.25) is 0 Å². The molecule has 0 radical (unpaired) electrons. The monoisotopic (exact) mass is 378 g/mol. The molecule has 0 fully saturated rings. The molecule has 2 heterocycles. The number of hydrogen-bond donors (Lipinski definition) is 1. The number of hydrogen-bond acceptors (Lipinski definition) is 4. The number of halogens is 1. The molecule has 0 amide bonds. The summed E-state index contributed by atoms with van der Waals surface area (Å²) in [6.07, 6.45) is 1.32. The minimum absolute atomic E-state index is 0.0312. The van der Waals surface area contributed by atoms with Crippen molar-refractivity contribution in [3.8, 4) is 5.69 Å². The number of benzene rings is 2. The van der Waals surface area contributed by atoms with E-state index >= 15 is 0 Å². The minimum atomic E-state index is -0.558. The highest BCUT2D eigenvalue weighted by molar-refractivity contribution is 6.10. The molecule has 0 unspecified atom stereocenters. The number of aryl methyl sites for hydroxylation is 2. The third kappa shape index (κ3) is 2.66. The van der Waals surface area contributed by atoms with E-state index in [0.29, 0.717) is 11.3 Å². The lowest BCUT2D eigenvalue weighted by molar-refractivity contribution is 0.103. The van der Waals surface area contributed by atoms with Crippen LogP contribution in [0.5, 0.6) is 0 Å². The van der Waals surface area contributed by atoms with Crippen LogP contribution in [0.1, 0.15) is 21.7 Å². The van der Waals surface area contributed by atoms with Gasteiger partial charge in [-0.25, -0.2) is 9.37 Å². The number of fused-ring (bicyclic) bond motifs is 1. The molecule has 4 aromatic rings. The molecular formula is C20H15FN4O3. The fourth-order valence-electron chi connectivity index (χ4n) is 3.14. The topological polar surface area (TPSA) is 89.8 Å². The third-order valence-corrected chi connectivity index (χ3v) is 4.57. The van der Waals surface area contributed by atoms with Crippen LogP contribution in [0.15, 0.2) is 58.3 Å². The largest absolute Gasteiger partial charge is 0.302 e. The Morgan fingerprint density at radius 1 is 1.11 bits per heavy atom. The first-order valence-corrected chi connectivity index (χ1v) is 8.46. The summed E-state index contributed by atoms with van der Waals surface area (Å²) >= 11 is 0. The maximum absolute atomic E-state index is 14.2. The molecule has 4 rings (SSSR count). The van der Waals surface area contributed by atoms with Crippen molar-refractivity contribution in [2.75, 3.05) is 0 Å². The summed E-state index contributed by atoms with van der Waals surface area (Å²) < 4.78 is 16.6. The lowest BCUT2D eigenvalue weighted by Crippen LogP contribution is -2.24. The van der Waals surface area contributed by atoms with Crippen LogP contribution >= 0.6 is 0 Å². The lowest BCUT2D eigenvalue weighted by atomic mass is 10.0. The van der Waals surface area contributed by atoms with E-state index in [1.807, 2.05) is 0 Å². The van der Waals surface area contributed by atoms with Gasteiger partial charge in [-0.15, -0.1) is 0 Å². The molecule has 0 spiro atoms. The molecule has 8 heteroatoms. The van der Waals surface area contributed by atoms with E-state index in [-0.39, 0.29) is 22.2 Å². The van der Waals surface area contributed by atoms with Gasteiger partial charge in [0, 0.05) is 18.8 Å². The van der Waals surface area contributed by atoms with Crippen molar-refractivity contribution in [3.63, 3.8) is 0 Å². The van der Waals surface area contributed by atoms with Crippen LogP contribution in [0.2, 0.25) is 0 Å². The van der Waals surface area contributed by atoms with Gasteiger partial charge in [0.05, 0.1) is 16.6 Å². The summed E-state index contributed by atoms with van der Waals surface area (Å²) in [5.74, 6) is -0.751. The minimum Gasteiger partial charge on any atom is -0.302 e. The first-order chi connectivity index (χ1) is 13.4. The van der Waals surface area contributed by atoms with Crippen molar-refractivity contribution in [2.45, 2.75) is 6.92 Å². The summed E-state index contributed by atoms with van der Waals surface area (Å²) in [6.45, 7) is 1.61. The van der Waals surface area contributed by atoms with Crippen LogP contribution in [-0.4, -0.2) is 25.1 Å². The van der Waals surface area contributed by atoms with Gasteiger partial charge in [0.1, 0.15) is 17.2 Å². The Kier molecular flexibility index (Phi) is 4.03. The number of aromatic nitrogens is 4. The number of para-hydroxylation sites is 1. The predicted octanol–water partition coefficient (Wildman–Crippen LogP) is 2.09. The quantitative estimate of drug-likeness (QED) is 0.553. The number of H-pyrrole nitrogens is 1. The molecule has 0 aliphatic carbocycles. The average Bonchev–Trinajstić information content (AvgIpc) is 3.01. The second kappa shape index (κ2) is 6.41. The molecule has 7 nitrogen and oxygen atoms in total. The van der Waals surface area contributed by atoms with E-state index in [2.05, 4.69) is 10.1 Å². The maximum Gasteiger partial charge on any atom is 0.277 e. The van der Waals surface area contributed by atoms with E-state index in [0.717, 1.165) is 0 Å². The molecule has 28 heavy (non-hydrogen) atoms. The Labute approximate surface area is 157 Å². The fraction of sp³-hybridized carbons (Fsp3) is 0.100. The molecule has 2 aromatic heterocycles. The number of aromatic amines is 1. The Bertz CT molecular complexity index is 1360. The van der Waals surface area contributed by atoms with Gasteiger partial charge in [-0.1, -0.05) is 12.1 Å². The van der Waals surface area contributed by atoms with Gasteiger partial charge in [-0.05, 0) is 37.3 Å². The summed E-state index contributed by atoms with van der Waals surface area (Å²) in [5.41, 5.74) is -0.354. The molecule has 0 saturated heterocycles. The Balaban J connectivity index is 1.94. The van der Waals surface area contributed by atoms with Crippen molar-refractivity contribution in [1.29, 1.82) is 0 Å². The predicted molar refractivity (Wildman–Crippen MR) is 102 cm³/mol. The molecule has 0 aliphatic rings. The van der Waals surface area contributed by atoms with Gasteiger partial charge in [-0.2, -0.15) is 0 Å². The van der Waals surface area contributed by atoms with Crippen LogP contribution in [-0.2, 0) is 7.05 Å². The van der Waals surface area contributed by atoms with Crippen LogP contribution in [0.3, 0.4) is 0 Å². The number of nitrogens with one attached hydrogen (secondary N) is 1. The van der Waals surface area contributed by atoms with E-state index < -0.39 is 22.7 Å². The molecule has 0 saturated carbocycles. The normalized spacial score (nSPS) is 11.1. The third-order valence-electron chi connectivity index (χ3n) is 4.57.